The van der Waals surface area contributed by atoms with Crippen LogP contribution in [0.25, 0.3) is 6.08 Å². The number of thiocarbonyl (C=S) groups is 1. The number of nitrogens with zero attached hydrogens (tertiary/aromatic N) is 1. The van der Waals surface area contributed by atoms with Gasteiger partial charge < -0.3 is 9.47 Å². The average Bonchev–Trinajstić information content (AvgIpc) is 2.93. The first-order valence-electron chi connectivity index (χ1n) is 8.23. The number of ether oxygens (including phenoxy) is 2. The highest BCUT2D eigenvalue weighted by molar-refractivity contribution is 14.1. The van der Waals surface area contributed by atoms with Gasteiger partial charge in [-0.3, -0.25) is 9.69 Å². The van der Waals surface area contributed by atoms with Crippen LogP contribution in [0.5, 0.6) is 11.5 Å². The Bertz CT molecular complexity index is 1030. The molecule has 1 aliphatic heterocycles. The van der Waals surface area contributed by atoms with Crippen molar-refractivity contribution in [1.29, 1.82) is 0 Å². The number of carbonyl (C=O) groups excluding carboxylic acids is 1. The number of rotatable bonds is 5. The Hall–Kier alpha value is -2.02. The molecule has 0 N–H and O–H groups in total. The molecular formula is C21H16INO3S2. The van der Waals surface area contributed by atoms with Gasteiger partial charge in [0, 0.05) is 0 Å². The van der Waals surface area contributed by atoms with Crippen molar-refractivity contribution in [3.63, 3.8) is 0 Å². The van der Waals surface area contributed by atoms with Gasteiger partial charge in [-0.15, -0.1) is 6.42 Å². The third kappa shape index (κ3) is 4.35. The summed E-state index contributed by atoms with van der Waals surface area (Å²) in [5, 5.41) is 0. The number of amides is 1. The van der Waals surface area contributed by atoms with E-state index in [2.05, 4.69) is 28.5 Å². The Morgan fingerprint density at radius 2 is 2.14 bits per heavy atom. The normalized spacial score (nSPS) is 15.1. The predicted octanol–water partition coefficient (Wildman–Crippen LogP) is 5.03. The van der Waals surface area contributed by atoms with Crippen LogP contribution in [0.3, 0.4) is 0 Å². The molecule has 3 rings (SSSR count). The molecule has 0 aliphatic carbocycles. The Morgan fingerprint density at radius 3 is 2.82 bits per heavy atom. The van der Waals surface area contributed by atoms with Crippen molar-refractivity contribution >= 4 is 68.6 Å². The average molecular weight is 521 g/mol. The summed E-state index contributed by atoms with van der Waals surface area (Å²) < 4.78 is 12.3. The molecule has 0 aromatic heterocycles. The summed E-state index contributed by atoms with van der Waals surface area (Å²) in [5.74, 6) is 3.45. The number of carbonyl (C=O) groups is 1. The van der Waals surface area contributed by atoms with E-state index >= 15 is 0 Å². The van der Waals surface area contributed by atoms with Gasteiger partial charge in [0.25, 0.3) is 5.91 Å². The predicted molar refractivity (Wildman–Crippen MR) is 127 cm³/mol. The lowest BCUT2D eigenvalue weighted by Crippen LogP contribution is -2.27. The van der Waals surface area contributed by atoms with Gasteiger partial charge in [-0.25, -0.2) is 0 Å². The molecule has 0 atom stereocenters. The van der Waals surface area contributed by atoms with Crippen LogP contribution in [0, 0.1) is 22.8 Å². The van der Waals surface area contributed by atoms with Gasteiger partial charge in [0.15, 0.2) is 15.8 Å². The first-order chi connectivity index (χ1) is 13.4. The van der Waals surface area contributed by atoms with Gasteiger partial charge >= 0.3 is 0 Å². The van der Waals surface area contributed by atoms with Crippen LogP contribution >= 0.6 is 46.6 Å². The number of hydrogen-bond donors (Lipinski definition) is 0. The SMILES string of the molecule is C#CCOc1c(I)cc(/C=C2\SC(=S)N(c3cccc(C)c3)C2=O)cc1OC. The molecule has 0 saturated carbocycles. The Labute approximate surface area is 187 Å². The maximum Gasteiger partial charge on any atom is 0.270 e. The van der Waals surface area contributed by atoms with Crippen LogP contribution in [-0.4, -0.2) is 23.9 Å². The van der Waals surface area contributed by atoms with E-state index in [9.17, 15) is 4.79 Å². The number of methoxy groups -OCH3 is 1. The molecule has 0 bridgehead atoms. The van der Waals surface area contributed by atoms with E-state index in [0.29, 0.717) is 20.7 Å². The molecule has 2 aromatic rings. The van der Waals surface area contributed by atoms with E-state index in [1.807, 2.05) is 49.4 Å². The van der Waals surface area contributed by atoms with Crippen LogP contribution < -0.4 is 14.4 Å². The van der Waals surface area contributed by atoms with Gasteiger partial charge in [0.05, 0.1) is 21.3 Å². The topological polar surface area (TPSA) is 38.8 Å². The highest BCUT2D eigenvalue weighted by Gasteiger charge is 2.33. The second-order valence-electron chi connectivity index (χ2n) is 5.88. The van der Waals surface area contributed by atoms with Crippen LogP contribution in [-0.2, 0) is 4.79 Å². The second-order valence-corrected chi connectivity index (χ2v) is 8.72. The van der Waals surface area contributed by atoms with Crippen LogP contribution in [0.15, 0.2) is 41.3 Å². The van der Waals surface area contributed by atoms with Crippen molar-refractivity contribution < 1.29 is 14.3 Å². The standard InChI is InChI=1S/C21H16INO3S2/c1-4-8-26-19-16(22)10-14(11-17(19)25-3)12-18-20(24)23(21(27)28-18)15-7-5-6-13(2)9-15/h1,5-7,9-12H,8H2,2-3H3/b18-12-. The zero-order chi connectivity index (χ0) is 20.3. The van der Waals surface area contributed by atoms with Crippen molar-refractivity contribution in [3.8, 4) is 23.8 Å². The largest absolute Gasteiger partial charge is 0.493 e. The molecule has 7 heteroatoms. The van der Waals surface area contributed by atoms with Gasteiger partial charge in [-0.1, -0.05) is 42.0 Å². The summed E-state index contributed by atoms with van der Waals surface area (Å²) in [6, 6.07) is 11.4. The molecule has 1 aliphatic rings. The highest BCUT2D eigenvalue weighted by atomic mass is 127. The highest BCUT2D eigenvalue weighted by Crippen LogP contribution is 2.38. The van der Waals surface area contributed by atoms with Crippen molar-refractivity contribution in [2.24, 2.45) is 0 Å². The maximum atomic E-state index is 12.9. The molecule has 0 radical (unpaired) electrons. The Morgan fingerprint density at radius 1 is 1.36 bits per heavy atom. The minimum Gasteiger partial charge on any atom is -0.493 e. The van der Waals surface area contributed by atoms with E-state index in [1.165, 1.54) is 11.8 Å². The molecule has 0 unspecified atom stereocenters. The van der Waals surface area contributed by atoms with E-state index < -0.39 is 0 Å². The van der Waals surface area contributed by atoms with Gasteiger partial charge in [0.2, 0.25) is 0 Å². The maximum absolute atomic E-state index is 12.9. The Kier molecular flexibility index (Phi) is 6.65. The lowest BCUT2D eigenvalue weighted by molar-refractivity contribution is -0.113. The third-order valence-electron chi connectivity index (χ3n) is 3.90. The molecule has 2 aromatic carbocycles. The van der Waals surface area contributed by atoms with Crippen LogP contribution in [0.4, 0.5) is 5.69 Å². The van der Waals surface area contributed by atoms with Gasteiger partial charge in [-0.2, -0.15) is 0 Å². The number of benzene rings is 2. The van der Waals surface area contributed by atoms with Gasteiger partial charge in [-0.05, 0) is 71.0 Å². The molecule has 1 fully saturated rings. The van der Waals surface area contributed by atoms with Crippen LogP contribution in [0.2, 0.25) is 0 Å². The van der Waals surface area contributed by atoms with Crippen LogP contribution in [0.1, 0.15) is 11.1 Å². The van der Waals surface area contributed by atoms with E-state index in [-0.39, 0.29) is 12.5 Å². The number of halogens is 1. The fourth-order valence-corrected chi connectivity index (χ4v) is 4.77. The third-order valence-corrected chi connectivity index (χ3v) is 6.01. The molecule has 4 nitrogen and oxygen atoms in total. The summed E-state index contributed by atoms with van der Waals surface area (Å²) in [7, 11) is 1.56. The van der Waals surface area contributed by atoms with Gasteiger partial charge in [0.1, 0.15) is 6.61 Å². The first kappa shape index (κ1) is 20.7. The molecule has 1 saturated heterocycles. The molecular weight excluding hydrogens is 505 g/mol. The number of aryl methyl sites for hydroxylation is 1. The minimum absolute atomic E-state index is 0.137. The minimum atomic E-state index is -0.137. The fourth-order valence-electron chi connectivity index (χ4n) is 2.69. The van der Waals surface area contributed by atoms with Crippen molar-refractivity contribution in [1.82, 2.24) is 0 Å². The summed E-state index contributed by atoms with van der Waals surface area (Å²) in [6.45, 7) is 2.13. The summed E-state index contributed by atoms with van der Waals surface area (Å²) in [4.78, 5) is 15.1. The van der Waals surface area contributed by atoms with Crippen molar-refractivity contribution in [2.45, 2.75) is 6.92 Å². The number of terminal acetylenes is 1. The zero-order valence-electron chi connectivity index (χ0n) is 15.2. The molecule has 1 heterocycles. The molecule has 0 spiro atoms. The van der Waals surface area contributed by atoms with Crippen molar-refractivity contribution in [3.05, 3.63) is 56.0 Å². The number of thioether (sulfide) groups is 1. The smallest absolute Gasteiger partial charge is 0.270 e. The summed E-state index contributed by atoms with van der Waals surface area (Å²) in [6.07, 6.45) is 7.08. The molecule has 142 valence electrons. The lowest BCUT2D eigenvalue weighted by atomic mass is 10.1. The fraction of sp³-hybridized carbons (Fsp3) is 0.143. The molecule has 1 amide bonds. The quantitative estimate of drug-likeness (QED) is 0.239. The number of anilines is 1. The van der Waals surface area contributed by atoms with E-state index in [0.717, 1.165) is 20.4 Å². The second kappa shape index (κ2) is 8.99. The summed E-state index contributed by atoms with van der Waals surface area (Å²) >= 11 is 8.88. The number of hydrogen-bond acceptors (Lipinski definition) is 5. The summed E-state index contributed by atoms with van der Waals surface area (Å²) in [5.41, 5.74) is 2.66. The van der Waals surface area contributed by atoms with E-state index in [1.54, 1.807) is 12.0 Å². The first-order valence-corrected chi connectivity index (χ1v) is 10.5. The van der Waals surface area contributed by atoms with Crippen molar-refractivity contribution in [2.75, 3.05) is 18.6 Å². The molecule has 28 heavy (non-hydrogen) atoms. The lowest BCUT2D eigenvalue weighted by Gasteiger charge is -2.15. The van der Waals surface area contributed by atoms with E-state index in [4.69, 9.17) is 28.1 Å². The Balaban J connectivity index is 1.94. The monoisotopic (exact) mass is 521 g/mol. The zero-order valence-corrected chi connectivity index (χ0v) is 19.0.